The summed E-state index contributed by atoms with van der Waals surface area (Å²) in [5.74, 6) is 0. The quantitative estimate of drug-likeness (QED) is 0.128. The van der Waals surface area contributed by atoms with Gasteiger partial charge >= 0.3 is 0 Å². The average Bonchev–Trinajstić information content (AvgIpc) is 3.90. The Morgan fingerprint density at radius 1 is 0.507 bits per heavy atom. The predicted molar refractivity (Wildman–Crippen MR) is 297 cm³/mol. The maximum Gasteiger partial charge on any atom is 0.195 e. The summed E-state index contributed by atoms with van der Waals surface area (Å²) in [4.78, 5) is 10.8. The lowest BCUT2D eigenvalue weighted by atomic mass is 9.82. The highest BCUT2D eigenvalue weighted by molar-refractivity contribution is 6.45. The van der Waals surface area contributed by atoms with Crippen LogP contribution in [0.15, 0.2) is 163 Å². The van der Waals surface area contributed by atoms with Crippen LogP contribution >= 0.6 is 0 Å². The van der Waals surface area contributed by atoms with Crippen molar-refractivity contribution in [2.75, 3.05) is 4.90 Å². The number of nitrogens with zero attached hydrogens (tertiary/aromatic N) is 5. The van der Waals surface area contributed by atoms with Crippen molar-refractivity contribution in [2.45, 2.75) is 59.4 Å². The molecule has 12 rings (SSSR count). The van der Waals surface area contributed by atoms with Crippen molar-refractivity contribution in [1.82, 2.24) is 0 Å². The van der Waals surface area contributed by atoms with Crippen molar-refractivity contribution in [3.63, 3.8) is 0 Å². The second-order valence-electron chi connectivity index (χ2n) is 21.1. The number of hydrogen-bond acceptors (Lipinski definition) is 3. The minimum Gasteiger partial charge on any atom is -0.334 e. The SMILES string of the molecule is [C-]#[N+]c1ccc(C#N)cc1-c1c2cc3c4ccccc4c4cccc(c2c(-c2cc(C#N)ccc2[N+]#[C-])c2c5ccc(N(c6ccc(C(C)(C)C)cc6)C6C=CC(C(C)(C)C)=CC6)c6cccc(c12)c65)c43. The fourth-order valence-electron chi connectivity index (χ4n) is 11.8. The van der Waals surface area contributed by atoms with Crippen molar-refractivity contribution >= 4 is 98.2 Å². The van der Waals surface area contributed by atoms with Crippen LogP contribution < -0.4 is 4.90 Å². The summed E-state index contributed by atoms with van der Waals surface area (Å²) in [6.07, 6.45) is 7.89. The summed E-state index contributed by atoms with van der Waals surface area (Å²) in [5, 5.41) is 35.5. The fourth-order valence-corrected chi connectivity index (χ4v) is 11.8. The second-order valence-corrected chi connectivity index (χ2v) is 21.1. The van der Waals surface area contributed by atoms with Crippen molar-refractivity contribution in [3.05, 3.63) is 203 Å². The van der Waals surface area contributed by atoms with E-state index >= 15 is 0 Å². The number of fused-ring (bicyclic) bond motifs is 8. The molecule has 0 saturated heterocycles. The number of allylic oxidation sites excluding steroid dienone is 2. The number of rotatable bonds is 5. The number of nitriles is 2. The first-order valence-corrected chi connectivity index (χ1v) is 24.2. The molecule has 0 bridgehead atoms. The molecule has 11 aromatic carbocycles. The number of hydrogen-bond donors (Lipinski definition) is 0. The molecule has 0 N–H and O–H groups in total. The first kappa shape index (κ1) is 43.3. The van der Waals surface area contributed by atoms with E-state index in [1.165, 1.54) is 11.1 Å². The van der Waals surface area contributed by atoms with Crippen LogP contribution in [-0.4, -0.2) is 6.04 Å². The molecule has 0 amide bonds. The molecule has 0 aromatic heterocycles. The van der Waals surface area contributed by atoms with E-state index in [2.05, 4.69) is 190 Å². The zero-order valence-corrected chi connectivity index (χ0v) is 40.5. The van der Waals surface area contributed by atoms with Gasteiger partial charge in [0, 0.05) is 16.8 Å². The van der Waals surface area contributed by atoms with Gasteiger partial charge in [0.25, 0.3) is 0 Å². The normalized spacial score (nSPS) is 14.1. The van der Waals surface area contributed by atoms with Gasteiger partial charge in [0.2, 0.25) is 0 Å². The van der Waals surface area contributed by atoms with Crippen LogP contribution in [0.2, 0.25) is 0 Å². The van der Waals surface area contributed by atoms with Crippen molar-refractivity contribution in [3.8, 4) is 34.4 Å². The lowest BCUT2D eigenvalue weighted by Gasteiger charge is -2.36. The molecule has 336 valence electrons. The Morgan fingerprint density at radius 3 is 1.65 bits per heavy atom. The molecule has 71 heavy (non-hydrogen) atoms. The van der Waals surface area contributed by atoms with Crippen LogP contribution in [0.25, 0.3) is 107 Å². The van der Waals surface area contributed by atoms with Crippen molar-refractivity contribution in [2.24, 2.45) is 5.41 Å². The van der Waals surface area contributed by atoms with Gasteiger partial charge < -0.3 is 4.90 Å². The monoisotopic (exact) mass is 909 g/mol. The first-order chi connectivity index (χ1) is 34.3. The van der Waals surface area contributed by atoms with Gasteiger partial charge in [-0.05, 0) is 157 Å². The van der Waals surface area contributed by atoms with E-state index in [1.807, 2.05) is 12.1 Å². The second kappa shape index (κ2) is 15.8. The topological polar surface area (TPSA) is 59.5 Å². The summed E-state index contributed by atoms with van der Waals surface area (Å²) >= 11 is 0. The van der Waals surface area contributed by atoms with E-state index in [1.54, 1.807) is 24.3 Å². The zero-order chi connectivity index (χ0) is 49.1. The Labute approximate surface area is 413 Å². The average molecular weight is 910 g/mol. The van der Waals surface area contributed by atoms with E-state index in [4.69, 9.17) is 13.1 Å². The third kappa shape index (κ3) is 6.48. The highest BCUT2D eigenvalue weighted by Crippen LogP contribution is 2.57. The number of anilines is 2. The predicted octanol–water partition coefficient (Wildman–Crippen LogP) is 18.6. The van der Waals surface area contributed by atoms with Crippen LogP contribution in [-0.2, 0) is 5.41 Å². The molecule has 1 unspecified atom stereocenters. The van der Waals surface area contributed by atoms with Gasteiger partial charge in [0.15, 0.2) is 11.4 Å². The zero-order valence-electron chi connectivity index (χ0n) is 40.5. The highest BCUT2D eigenvalue weighted by Gasteiger charge is 2.31. The largest absolute Gasteiger partial charge is 0.334 e. The minimum absolute atomic E-state index is 0.0133. The molecule has 0 spiro atoms. The Bertz CT molecular complexity index is 4320. The Balaban J connectivity index is 1.30. The lowest BCUT2D eigenvalue weighted by Crippen LogP contribution is -2.31. The van der Waals surface area contributed by atoms with E-state index in [-0.39, 0.29) is 16.9 Å². The molecule has 5 heteroatoms. The minimum atomic E-state index is -0.0133. The Hall–Kier alpha value is -9.00. The molecule has 11 aromatic rings. The van der Waals surface area contributed by atoms with Gasteiger partial charge in [-0.1, -0.05) is 163 Å². The molecule has 0 heterocycles. The first-order valence-electron chi connectivity index (χ1n) is 24.2. The van der Waals surface area contributed by atoms with Crippen LogP contribution in [0.1, 0.15) is 64.7 Å². The molecule has 0 saturated carbocycles. The van der Waals surface area contributed by atoms with E-state index < -0.39 is 0 Å². The summed E-state index contributed by atoms with van der Waals surface area (Å²) in [5.41, 5.74) is 9.66. The van der Waals surface area contributed by atoms with Crippen molar-refractivity contribution < 1.29 is 0 Å². The van der Waals surface area contributed by atoms with Gasteiger partial charge in [-0.15, -0.1) is 0 Å². The summed E-state index contributed by atoms with van der Waals surface area (Å²) in [6, 6.07) is 53.0. The maximum absolute atomic E-state index is 10.5. The molecule has 1 aliphatic carbocycles. The summed E-state index contributed by atoms with van der Waals surface area (Å²) < 4.78 is 0. The molecule has 5 nitrogen and oxygen atoms in total. The smallest absolute Gasteiger partial charge is 0.195 e. The van der Waals surface area contributed by atoms with E-state index in [9.17, 15) is 10.5 Å². The molecular weight excluding hydrogens is 863 g/mol. The molecule has 0 radical (unpaired) electrons. The Morgan fingerprint density at radius 2 is 1.06 bits per heavy atom. The van der Waals surface area contributed by atoms with Crippen LogP contribution in [0.5, 0.6) is 0 Å². The molecule has 0 aliphatic heterocycles. The van der Waals surface area contributed by atoms with Gasteiger partial charge in [0.1, 0.15) is 0 Å². The molecule has 0 fully saturated rings. The van der Waals surface area contributed by atoms with Gasteiger partial charge in [0.05, 0.1) is 42.5 Å². The third-order valence-electron chi connectivity index (χ3n) is 15.1. The van der Waals surface area contributed by atoms with Crippen molar-refractivity contribution in [1.29, 1.82) is 10.5 Å². The lowest BCUT2D eigenvalue weighted by molar-refractivity contribution is 0.510. The standard InChI is InChI=1S/C66H47N5/c1-65(2,3)40-21-25-42(26-22-40)71(43-27-23-41(24-28-43)66(4,5)6)57-32-29-50-59-47(57)16-12-18-49(59)62-61(52-33-38(36-67)19-30-55(52)69-7)54-35-51-45-14-10-9-13-44(45)46-15-11-17-48(58(46)51)60(54)64(63(50)62)53-34-39(37-68)20-31-56(53)70-8/h9-27,29-35,43H,28H2,1-6H3. The highest BCUT2D eigenvalue weighted by atomic mass is 15.2. The Kier molecular flexibility index (Phi) is 9.62. The van der Waals surface area contributed by atoms with E-state index in [0.29, 0.717) is 33.6 Å². The fraction of sp³-hybridized carbons (Fsp3) is 0.152. The van der Waals surface area contributed by atoms with Gasteiger partial charge in [-0.25, -0.2) is 9.69 Å². The van der Waals surface area contributed by atoms with Gasteiger partial charge in [-0.3, -0.25) is 0 Å². The number of benzene rings is 9. The summed E-state index contributed by atoms with van der Waals surface area (Å²) in [6.45, 7) is 30.8. The van der Waals surface area contributed by atoms with Gasteiger partial charge in [-0.2, -0.15) is 10.5 Å². The molecule has 1 atom stereocenters. The molecule has 1 aliphatic rings. The van der Waals surface area contributed by atoms with Crippen LogP contribution in [0.4, 0.5) is 22.7 Å². The van der Waals surface area contributed by atoms with E-state index in [0.717, 1.165) is 104 Å². The van der Waals surface area contributed by atoms with Crippen LogP contribution in [0, 0.1) is 41.2 Å². The summed E-state index contributed by atoms with van der Waals surface area (Å²) in [7, 11) is 0. The maximum atomic E-state index is 10.5. The third-order valence-corrected chi connectivity index (χ3v) is 15.1. The molecular formula is C66H47N5. The van der Waals surface area contributed by atoms with Crippen LogP contribution in [0.3, 0.4) is 0 Å².